The number of carbonyl (C=O) groups is 2. The normalized spacial score (nSPS) is 10.0. The third kappa shape index (κ3) is 3.69. The molecule has 0 saturated heterocycles. The van der Waals surface area contributed by atoms with Gasteiger partial charge in [0.2, 0.25) is 0 Å². The average Bonchev–Trinajstić information content (AvgIpc) is 2.45. The van der Waals surface area contributed by atoms with Crippen molar-refractivity contribution >= 4 is 23.2 Å². The van der Waals surface area contributed by atoms with Crippen molar-refractivity contribution in [2.75, 3.05) is 17.3 Å². The number of nitrogens with zero attached hydrogens (tertiary/aromatic N) is 1. The van der Waals surface area contributed by atoms with Crippen LogP contribution in [0.2, 0.25) is 0 Å². The molecule has 0 aliphatic carbocycles. The Kier molecular flexibility index (Phi) is 4.38. The summed E-state index contributed by atoms with van der Waals surface area (Å²) in [6.07, 6.45) is 0. The number of carbonyl (C=O) groups excluding carboxylic acids is 2. The first-order valence-electron chi connectivity index (χ1n) is 6.70. The summed E-state index contributed by atoms with van der Waals surface area (Å²) in [7, 11) is 1.58. The van der Waals surface area contributed by atoms with Gasteiger partial charge >= 0.3 is 11.8 Å². The first-order chi connectivity index (χ1) is 9.97. The summed E-state index contributed by atoms with van der Waals surface area (Å²) >= 11 is 0. The minimum atomic E-state index is -0.647. The van der Waals surface area contributed by atoms with Crippen LogP contribution in [0.25, 0.3) is 0 Å². The van der Waals surface area contributed by atoms with Gasteiger partial charge in [-0.1, -0.05) is 24.3 Å². The first kappa shape index (κ1) is 14.8. The lowest BCUT2D eigenvalue weighted by molar-refractivity contribution is -0.134. The Morgan fingerprint density at radius 1 is 0.952 bits per heavy atom. The van der Waals surface area contributed by atoms with Crippen LogP contribution in [0.4, 0.5) is 11.4 Å². The van der Waals surface area contributed by atoms with Crippen molar-refractivity contribution in [1.82, 2.24) is 0 Å². The summed E-state index contributed by atoms with van der Waals surface area (Å²) in [6.45, 7) is 3.89. The molecule has 1 N–H and O–H groups in total. The van der Waals surface area contributed by atoms with Crippen LogP contribution in [-0.4, -0.2) is 18.9 Å². The maximum absolute atomic E-state index is 12.1. The standard InChI is InChI=1S/C17H18N2O2/c1-12-9-13(2)11-14(10-12)18-16(20)17(21)19(3)15-7-5-4-6-8-15/h4-11H,1-3H3,(H,18,20). The van der Waals surface area contributed by atoms with E-state index in [1.807, 2.05) is 50.2 Å². The van der Waals surface area contributed by atoms with Gasteiger partial charge < -0.3 is 10.2 Å². The molecular weight excluding hydrogens is 264 g/mol. The Hall–Kier alpha value is -2.62. The molecule has 0 unspecified atom stereocenters. The molecule has 4 heteroatoms. The van der Waals surface area contributed by atoms with Gasteiger partial charge in [-0.15, -0.1) is 0 Å². The maximum Gasteiger partial charge on any atom is 0.316 e. The van der Waals surface area contributed by atoms with Crippen LogP contribution in [-0.2, 0) is 9.59 Å². The van der Waals surface area contributed by atoms with E-state index in [0.717, 1.165) is 11.1 Å². The molecule has 0 aromatic heterocycles. The highest BCUT2D eigenvalue weighted by Crippen LogP contribution is 2.15. The minimum absolute atomic E-state index is 0.597. The molecule has 2 aromatic rings. The molecule has 108 valence electrons. The van der Waals surface area contributed by atoms with Crippen molar-refractivity contribution < 1.29 is 9.59 Å². The fourth-order valence-corrected chi connectivity index (χ4v) is 2.15. The summed E-state index contributed by atoms with van der Waals surface area (Å²) in [6, 6.07) is 14.7. The second-order valence-electron chi connectivity index (χ2n) is 5.03. The molecule has 0 fully saturated rings. The summed E-state index contributed by atoms with van der Waals surface area (Å²) < 4.78 is 0. The predicted molar refractivity (Wildman–Crippen MR) is 84.4 cm³/mol. The zero-order valence-electron chi connectivity index (χ0n) is 12.4. The topological polar surface area (TPSA) is 49.4 Å². The molecule has 0 atom stereocenters. The van der Waals surface area contributed by atoms with Crippen LogP contribution in [0.1, 0.15) is 11.1 Å². The summed E-state index contributed by atoms with van der Waals surface area (Å²) in [4.78, 5) is 25.5. The lowest BCUT2D eigenvalue weighted by Crippen LogP contribution is -2.37. The number of nitrogens with one attached hydrogen (secondary N) is 1. The van der Waals surface area contributed by atoms with E-state index in [-0.39, 0.29) is 0 Å². The predicted octanol–water partition coefficient (Wildman–Crippen LogP) is 2.90. The van der Waals surface area contributed by atoms with Gasteiger partial charge in [0.15, 0.2) is 0 Å². The molecule has 0 spiro atoms. The fraction of sp³-hybridized carbons (Fsp3) is 0.176. The molecule has 2 amide bonds. The van der Waals surface area contributed by atoms with Crippen molar-refractivity contribution in [3.8, 4) is 0 Å². The second kappa shape index (κ2) is 6.22. The van der Waals surface area contributed by atoms with Crippen LogP contribution in [0.15, 0.2) is 48.5 Å². The van der Waals surface area contributed by atoms with Crippen LogP contribution >= 0.6 is 0 Å². The Balaban J connectivity index is 2.11. The third-order valence-corrected chi connectivity index (χ3v) is 3.12. The molecule has 0 aliphatic heterocycles. The van der Waals surface area contributed by atoms with Crippen LogP contribution < -0.4 is 10.2 Å². The van der Waals surface area contributed by atoms with E-state index in [9.17, 15) is 9.59 Å². The number of amides is 2. The van der Waals surface area contributed by atoms with Crippen molar-refractivity contribution in [3.05, 3.63) is 59.7 Å². The average molecular weight is 282 g/mol. The zero-order valence-corrected chi connectivity index (χ0v) is 12.4. The highest BCUT2D eigenvalue weighted by atomic mass is 16.2. The lowest BCUT2D eigenvalue weighted by Gasteiger charge is -2.16. The number of benzene rings is 2. The van der Waals surface area contributed by atoms with Crippen LogP contribution in [0, 0.1) is 13.8 Å². The molecule has 21 heavy (non-hydrogen) atoms. The Morgan fingerprint density at radius 3 is 2.10 bits per heavy atom. The number of para-hydroxylation sites is 1. The van der Waals surface area contributed by atoms with Crippen molar-refractivity contribution in [1.29, 1.82) is 0 Å². The van der Waals surface area contributed by atoms with Gasteiger partial charge in [0, 0.05) is 18.4 Å². The smallest absolute Gasteiger partial charge is 0.316 e. The quantitative estimate of drug-likeness (QED) is 0.861. The number of likely N-dealkylation sites (N-methyl/N-ethyl adjacent to an activating group) is 1. The van der Waals surface area contributed by atoms with E-state index in [1.165, 1.54) is 4.90 Å². The number of rotatable bonds is 2. The lowest BCUT2D eigenvalue weighted by atomic mass is 10.1. The molecule has 0 bridgehead atoms. The van der Waals surface area contributed by atoms with Gasteiger partial charge in [0.1, 0.15) is 0 Å². The molecule has 2 aromatic carbocycles. The molecule has 0 heterocycles. The molecular formula is C17H18N2O2. The monoisotopic (exact) mass is 282 g/mol. The van der Waals surface area contributed by atoms with E-state index < -0.39 is 11.8 Å². The Labute approximate surface area is 124 Å². The van der Waals surface area contributed by atoms with Gasteiger partial charge in [0.05, 0.1) is 0 Å². The molecule has 0 aliphatic rings. The van der Waals surface area contributed by atoms with E-state index in [1.54, 1.807) is 19.2 Å². The first-order valence-corrected chi connectivity index (χ1v) is 6.70. The van der Waals surface area contributed by atoms with Gasteiger partial charge in [-0.25, -0.2) is 0 Å². The number of hydrogen-bond acceptors (Lipinski definition) is 2. The Bertz CT molecular complexity index is 645. The van der Waals surface area contributed by atoms with Crippen LogP contribution in [0.5, 0.6) is 0 Å². The van der Waals surface area contributed by atoms with Gasteiger partial charge in [-0.05, 0) is 49.2 Å². The SMILES string of the molecule is Cc1cc(C)cc(NC(=O)C(=O)N(C)c2ccccc2)c1. The van der Waals surface area contributed by atoms with Gasteiger partial charge in [-0.3, -0.25) is 9.59 Å². The number of aryl methyl sites for hydroxylation is 2. The van der Waals surface area contributed by atoms with Crippen molar-refractivity contribution in [2.24, 2.45) is 0 Å². The number of anilines is 2. The van der Waals surface area contributed by atoms with Gasteiger partial charge in [-0.2, -0.15) is 0 Å². The van der Waals surface area contributed by atoms with E-state index >= 15 is 0 Å². The van der Waals surface area contributed by atoms with Crippen molar-refractivity contribution in [3.63, 3.8) is 0 Å². The third-order valence-electron chi connectivity index (χ3n) is 3.12. The van der Waals surface area contributed by atoms with Gasteiger partial charge in [0.25, 0.3) is 0 Å². The molecule has 4 nitrogen and oxygen atoms in total. The second-order valence-corrected chi connectivity index (χ2v) is 5.03. The summed E-state index contributed by atoms with van der Waals surface area (Å²) in [5, 5.41) is 2.64. The molecule has 2 rings (SSSR count). The maximum atomic E-state index is 12.1. The summed E-state index contributed by atoms with van der Waals surface area (Å²) in [5.41, 5.74) is 3.38. The molecule has 0 saturated carbocycles. The molecule has 0 radical (unpaired) electrons. The Morgan fingerprint density at radius 2 is 1.52 bits per heavy atom. The van der Waals surface area contributed by atoms with E-state index in [4.69, 9.17) is 0 Å². The summed E-state index contributed by atoms with van der Waals surface area (Å²) in [5.74, 6) is -1.24. The van der Waals surface area contributed by atoms with Crippen molar-refractivity contribution in [2.45, 2.75) is 13.8 Å². The highest BCUT2D eigenvalue weighted by molar-refractivity contribution is 6.44. The minimum Gasteiger partial charge on any atom is -0.318 e. The zero-order chi connectivity index (χ0) is 15.4. The van der Waals surface area contributed by atoms with E-state index in [2.05, 4.69) is 5.32 Å². The largest absolute Gasteiger partial charge is 0.318 e. The van der Waals surface area contributed by atoms with E-state index in [0.29, 0.717) is 11.4 Å². The highest BCUT2D eigenvalue weighted by Gasteiger charge is 2.19. The number of hydrogen-bond donors (Lipinski definition) is 1. The van der Waals surface area contributed by atoms with Crippen LogP contribution in [0.3, 0.4) is 0 Å². The fourth-order valence-electron chi connectivity index (χ4n) is 2.15.